The van der Waals surface area contributed by atoms with Crippen molar-refractivity contribution in [2.75, 3.05) is 6.54 Å². The Kier molecular flexibility index (Phi) is 3.09. The number of carbonyl (C=O) groups is 1. The molecule has 0 unspecified atom stereocenters. The fourth-order valence-corrected chi connectivity index (χ4v) is 0.876. The third kappa shape index (κ3) is 2.64. The number of nitriles is 1. The molecule has 0 aromatic carbocycles. The molecule has 1 N–H and O–H groups in total. The third-order valence-electron chi connectivity index (χ3n) is 1.49. The molecule has 0 atom stereocenters. The number of rotatable bonds is 3. The molecule has 0 aliphatic rings. The van der Waals surface area contributed by atoms with E-state index in [1.165, 1.54) is 0 Å². The van der Waals surface area contributed by atoms with Gasteiger partial charge >= 0.3 is 0 Å². The summed E-state index contributed by atoms with van der Waals surface area (Å²) in [5.41, 5.74) is 0. The standard InChI is InChI=1S/C9H10N2O2/c1-7-3-4-8(13-7)9(12)11-6-2-5-10/h3-4H,2,6H2,1H3,(H,11,12). The first kappa shape index (κ1) is 9.33. The summed E-state index contributed by atoms with van der Waals surface area (Å²) < 4.78 is 5.08. The number of carbonyl (C=O) groups excluding carboxylic acids is 1. The Morgan fingerprint density at radius 2 is 2.46 bits per heavy atom. The molecule has 0 spiro atoms. The van der Waals surface area contributed by atoms with Crippen molar-refractivity contribution in [3.8, 4) is 6.07 Å². The molecule has 0 aliphatic heterocycles. The average Bonchev–Trinajstić information content (AvgIpc) is 2.52. The molecular formula is C9H10N2O2. The SMILES string of the molecule is Cc1ccc(C(=O)NCCC#N)o1. The van der Waals surface area contributed by atoms with E-state index in [2.05, 4.69) is 5.32 Å². The van der Waals surface area contributed by atoms with Crippen molar-refractivity contribution in [2.24, 2.45) is 0 Å². The van der Waals surface area contributed by atoms with Crippen LogP contribution in [0.3, 0.4) is 0 Å². The molecule has 1 amide bonds. The first-order valence-corrected chi connectivity index (χ1v) is 3.95. The topological polar surface area (TPSA) is 66.0 Å². The van der Waals surface area contributed by atoms with Crippen LogP contribution in [-0.4, -0.2) is 12.5 Å². The second kappa shape index (κ2) is 4.31. The van der Waals surface area contributed by atoms with Gasteiger partial charge in [-0.25, -0.2) is 0 Å². The molecule has 1 heterocycles. The van der Waals surface area contributed by atoms with Crippen LogP contribution in [0.2, 0.25) is 0 Å². The van der Waals surface area contributed by atoms with Crippen LogP contribution in [0.1, 0.15) is 22.7 Å². The molecule has 68 valence electrons. The maximum Gasteiger partial charge on any atom is 0.287 e. The van der Waals surface area contributed by atoms with E-state index in [4.69, 9.17) is 9.68 Å². The lowest BCUT2D eigenvalue weighted by Gasteiger charge is -1.97. The molecule has 4 nitrogen and oxygen atoms in total. The first-order chi connectivity index (χ1) is 6.24. The summed E-state index contributed by atoms with van der Waals surface area (Å²) in [7, 11) is 0. The molecule has 0 radical (unpaired) electrons. The van der Waals surface area contributed by atoms with Gasteiger partial charge in [0.05, 0.1) is 12.5 Å². The van der Waals surface area contributed by atoms with Crippen LogP contribution < -0.4 is 5.32 Å². The monoisotopic (exact) mass is 178 g/mol. The van der Waals surface area contributed by atoms with E-state index in [-0.39, 0.29) is 11.7 Å². The van der Waals surface area contributed by atoms with Gasteiger partial charge < -0.3 is 9.73 Å². The lowest BCUT2D eigenvalue weighted by atomic mass is 10.4. The van der Waals surface area contributed by atoms with Crippen molar-refractivity contribution in [1.29, 1.82) is 5.26 Å². The van der Waals surface area contributed by atoms with E-state index in [1.807, 2.05) is 6.07 Å². The Morgan fingerprint density at radius 3 is 3.00 bits per heavy atom. The Hall–Kier alpha value is -1.76. The number of furan rings is 1. The maximum atomic E-state index is 11.2. The van der Waals surface area contributed by atoms with Crippen LogP contribution in [0.4, 0.5) is 0 Å². The molecule has 1 aromatic heterocycles. The average molecular weight is 178 g/mol. The van der Waals surface area contributed by atoms with Gasteiger partial charge in [-0.05, 0) is 19.1 Å². The van der Waals surface area contributed by atoms with Gasteiger partial charge in [-0.1, -0.05) is 0 Å². The molecule has 0 saturated heterocycles. The van der Waals surface area contributed by atoms with E-state index in [9.17, 15) is 4.79 Å². The molecular weight excluding hydrogens is 168 g/mol. The summed E-state index contributed by atoms with van der Waals surface area (Å²) in [6.07, 6.45) is 0.311. The summed E-state index contributed by atoms with van der Waals surface area (Å²) in [4.78, 5) is 11.2. The van der Waals surface area contributed by atoms with Crippen molar-refractivity contribution in [3.05, 3.63) is 23.7 Å². The van der Waals surface area contributed by atoms with Crippen LogP contribution in [-0.2, 0) is 0 Å². The number of nitrogens with one attached hydrogen (secondary N) is 1. The van der Waals surface area contributed by atoms with Gasteiger partial charge in [0, 0.05) is 6.54 Å². The smallest absolute Gasteiger partial charge is 0.287 e. The minimum absolute atomic E-state index is 0.275. The predicted octanol–water partition coefficient (Wildman–Crippen LogP) is 1.23. The lowest BCUT2D eigenvalue weighted by molar-refractivity contribution is 0.0925. The highest BCUT2D eigenvalue weighted by molar-refractivity contribution is 5.91. The molecule has 4 heteroatoms. The van der Waals surface area contributed by atoms with Crippen molar-refractivity contribution >= 4 is 5.91 Å². The van der Waals surface area contributed by atoms with E-state index in [1.54, 1.807) is 19.1 Å². The number of hydrogen-bond donors (Lipinski definition) is 1. The van der Waals surface area contributed by atoms with Crippen LogP contribution in [0.15, 0.2) is 16.5 Å². The van der Waals surface area contributed by atoms with Crippen LogP contribution in [0, 0.1) is 18.3 Å². The summed E-state index contributed by atoms with van der Waals surface area (Å²) in [6.45, 7) is 2.13. The highest BCUT2D eigenvalue weighted by Gasteiger charge is 2.07. The van der Waals surface area contributed by atoms with Crippen molar-refractivity contribution in [3.63, 3.8) is 0 Å². The minimum atomic E-state index is -0.275. The fraction of sp³-hybridized carbons (Fsp3) is 0.333. The second-order valence-corrected chi connectivity index (χ2v) is 2.57. The van der Waals surface area contributed by atoms with Gasteiger partial charge in [-0.2, -0.15) is 5.26 Å². The molecule has 1 rings (SSSR count). The van der Waals surface area contributed by atoms with E-state index in [0.29, 0.717) is 18.7 Å². The maximum absolute atomic E-state index is 11.2. The van der Waals surface area contributed by atoms with Gasteiger partial charge in [0.15, 0.2) is 5.76 Å². The number of hydrogen-bond acceptors (Lipinski definition) is 3. The Balaban J connectivity index is 2.45. The van der Waals surface area contributed by atoms with Crippen LogP contribution in [0.25, 0.3) is 0 Å². The van der Waals surface area contributed by atoms with E-state index in [0.717, 1.165) is 0 Å². The van der Waals surface area contributed by atoms with Crippen molar-refractivity contribution < 1.29 is 9.21 Å². The van der Waals surface area contributed by atoms with Gasteiger partial charge in [0.1, 0.15) is 5.76 Å². The van der Waals surface area contributed by atoms with Crippen molar-refractivity contribution in [1.82, 2.24) is 5.32 Å². The van der Waals surface area contributed by atoms with Gasteiger partial charge in [-0.15, -0.1) is 0 Å². The number of nitrogens with zero attached hydrogens (tertiary/aromatic N) is 1. The van der Waals surface area contributed by atoms with Crippen LogP contribution >= 0.6 is 0 Å². The fourth-order valence-electron chi connectivity index (χ4n) is 0.876. The molecule has 0 saturated carbocycles. The van der Waals surface area contributed by atoms with E-state index < -0.39 is 0 Å². The summed E-state index contributed by atoms with van der Waals surface area (Å²) in [5, 5.41) is 10.8. The van der Waals surface area contributed by atoms with E-state index >= 15 is 0 Å². The Morgan fingerprint density at radius 1 is 1.69 bits per heavy atom. The predicted molar refractivity (Wildman–Crippen MR) is 46.0 cm³/mol. The van der Waals surface area contributed by atoms with Gasteiger partial charge in [-0.3, -0.25) is 4.79 Å². The Bertz CT molecular complexity index is 336. The second-order valence-electron chi connectivity index (χ2n) is 2.57. The molecule has 1 aromatic rings. The molecule has 0 bridgehead atoms. The first-order valence-electron chi connectivity index (χ1n) is 3.95. The minimum Gasteiger partial charge on any atom is -0.456 e. The summed E-state index contributed by atoms with van der Waals surface area (Å²) in [5.74, 6) is 0.712. The largest absolute Gasteiger partial charge is 0.456 e. The summed E-state index contributed by atoms with van der Waals surface area (Å²) in [6, 6.07) is 5.26. The Labute approximate surface area is 76.2 Å². The molecule has 0 fully saturated rings. The van der Waals surface area contributed by atoms with Crippen LogP contribution in [0.5, 0.6) is 0 Å². The zero-order valence-corrected chi connectivity index (χ0v) is 7.33. The highest BCUT2D eigenvalue weighted by Crippen LogP contribution is 2.05. The van der Waals surface area contributed by atoms with Crippen molar-refractivity contribution in [2.45, 2.75) is 13.3 Å². The normalized spacial score (nSPS) is 9.23. The zero-order chi connectivity index (χ0) is 9.68. The van der Waals surface area contributed by atoms with Gasteiger partial charge in [0.2, 0.25) is 0 Å². The van der Waals surface area contributed by atoms with Gasteiger partial charge in [0.25, 0.3) is 5.91 Å². The summed E-state index contributed by atoms with van der Waals surface area (Å²) >= 11 is 0. The number of aryl methyl sites for hydroxylation is 1. The molecule has 0 aliphatic carbocycles. The lowest BCUT2D eigenvalue weighted by Crippen LogP contribution is -2.23. The highest BCUT2D eigenvalue weighted by atomic mass is 16.3. The zero-order valence-electron chi connectivity index (χ0n) is 7.33. The quantitative estimate of drug-likeness (QED) is 0.708. The number of amides is 1. The third-order valence-corrected chi connectivity index (χ3v) is 1.49. The molecule has 13 heavy (non-hydrogen) atoms.